The predicted molar refractivity (Wildman–Crippen MR) is 106 cm³/mol. The summed E-state index contributed by atoms with van der Waals surface area (Å²) < 4.78 is 0. The fourth-order valence-electron chi connectivity index (χ4n) is 3.19. The summed E-state index contributed by atoms with van der Waals surface area (Å²) >= 11 is 7.26. The maximum absolute atomic E-state index is 13.5. The fourth-order valence-corrected chi connectivity index (χ4v) is 4.69. The highest BCUT2D eigenvalue weighted by atomic mass is 35.5. The number of thioether (sulfide) groups is 1. The summed E-state index contributed by atoms with van der Waals surface area (Å²) in [5, 5.41) is 8.62. The Morgan fingerprint density at radius 1 is 1.33 bits per heavy atom. The lowest BCUT2D eigenvalue weighted by atomic mass is 10.1. The molecule has 7 nitrogen and oxygen atoms in total. The fraction of sp³-hybridized carbons (Fsp3) is 0.444. The maximum atomic E-state index is 13.5. The first-order valence-corrected chi connectivity index (χ1v) is 9.84. The molecule has 0 fully saturated rings. The molecule has 3 rings (SSSR count). The van der Waals surface area contributed by atoms with Crippen LogP contribution in [0, 0.1) is 5.92 Å². The average Bonchev–Trinajstić information content (AvgIpc) is 3.04. The molecule has 0 bridgehead atoms. The minimum atomic E-state index is -1.39. The molecule has 2 heterocycles. The second-order valence-electron chi connectivity index (χ2n) is 6.96. The molecule has 1 aromatic carbocycles. The zero-order valence-electron chi connectivity index (χ0n) is 15.6. The van der Waals surface area contributed by atoms with E-state index in [4.69, 9.17) is 11.6 Å². The summed E-state index contributed by atoms with van der Waals surface area (Å²) in [5.74, 6) is -0.566. The smallest absolute Gasteiger partial charge is 0.270 e. The highest BCUT2D eigenvalue weighted by Crippen LogP contribution is 2.54. The van der Waals surface area contributed by atoms with E-state index in [0.717, 1.165) is 23.2 Å². The summed E-state index contributed by atoms with van der Waals surface area (Å²) in [6.07, 6.45) is 0.814. The third kappa shape index (κ3) is 3.32. The lowest BCUT2D eigenvalue weighted by Crippen LogP contribution is -2.48. The number of amides is 3. The molecule has 0 saturated carbocycles. The van der Waals surface area contributed by atoms with Crippen molar-refractivity contribution in [1.82, 2.24) is 10.3 Å². The van der Waals surface area contributed by atoms with Gasteiger partial charge in [0.05, 0.1) is 5.69 Å². The Morgan fingerprint density at radius 3 is 2.63 bits per heavy atom. The molecule has 1 spiro atoms. The van der Waals surface area contributed by atoms with Crippen LogP contribution in [0.25, 0.3) is 0 Å². The van der Waals surface area contributed by atoms with Crippen LogP contribution in [0.4, 0.5) is 5.69 Å². The molecule has 3 amide bonds. The number of carbonyl (C=O) groups excluding carboxylic acids is 3. The van der Waals surface area contributed by atoms with E-state index in [0.29, 0.717) is 28.7 Å². The van der Waals surface area contributed by atoms with Crippen molar-refractivity contribution in [1.29, 1.82) is 0 Å². The van der Waals surface area contributed by atoms with Crippen LogP contribution in [-0.2, 0) is 19.3 Å². The van der Waals surface area contributed by atoms with Crippen molar-refractivity contribution >= 4 is 51.9 Å². The first-order chi connectivity index (χ1) is 12.7. The second kappa shape index (κ2) is 7.16. The molecule has 2 aliphatic heterocycles. The maximum Gasteiger partial charge on any atom is 0.270 e. The summed E-state index contributed by atoms with van der Waals surface area (Å²) in [7, 11) is 0. The number of hydrogen-bond donors (Lipinski definition) is 1. The lowest BCUT2D eigenvalue weighted by Gasteiger charge is -2.29. The van der Waals surface area contributed by atoms with Gasteiger partial charge < -0.3 is 10.2 Å². The number of nitrogens with zero attached hydrogens (tertiary/aromatic N) is 3. The van der Waals surface area contributed by atoms with Gasteiger partial charge in [-0.2, -0.15) is 5.01 Å². The highest BCUT2D eigenvalue weighted by molar-refractivity contribution is 8.15. The summed E-state index contributed by atoms with van der Waals surface area (Å²) in [6, 6.07) is 5.21. The number of fused-ring (bicyclic) bond motifs is 2. The summed E-state index contributed by atoms with van der Waals surface area (Å²) in [5.41, 5.74) is 1.32. The third-order valence-corrected chi connectivity index (χ3v) is 5.87. The average molecular weight is 409 g/mol. The summed E-state index contributed by atoms with van der Waals surface area (Å²) in [4.78, 5) is 37.6. The van der Waals surface area contributed by atoms with E-state index in [1.807, 2.05) is 0 Å². The van der Waals surface area contributed by atoms with Crippen molar-refractivity contribution in [2.75, 3.05) is 11.4 Å². The van der Waals surface area contributed by atoms with Gasteiger partial charge in [-0.1, -0.05) is 25.4 Å². The SMILES string of the molecule is CC(=O)NC1=NN(C(C)=O)C2(S1)C(=O)N(CCC(C)C)c1ccc(Cl)cc12. The number of carbonyl (C=O) groups is 3. The minimum absolute atomic E-state index is 0.211. The predicted octanol–water partition coefficient (Wildman–Crippen LogP) is 2.89. The van der Waals surface area contributed by atoms with E-state index in [2.05, 4.69) is 24.3 Å². The van der Waals surface area contributed by atoms with Crippen LogP contribution in [0.15, 0.2) is 23.3 Å². The summed E-state index contributed by atoms with van der Waals surface area (Å²) in [6.45, 7) is 7.39. The van der Waals surface area contributed by atoms with E-state index in [1.54, 1.807) is 23.1 Å². The van der Waals surface area contributed by atoms with Crippen LogP contribution < -0.4 is 10.2 Å². The molecule has 1 unspecified atom stereocenters. The molecule has 0 saturated heterocycles. The van der Waals surface area contributed by atoms with Crippen LogP contribution in [0.5, 0.6) is 0 Å². The number of nitrogens with one attached hydrogen (secondary N) is 1. The molecule has 0 radical (unpaired) electrons. The van der Waals surface area contributed by atoms with Gasteiger partial charge in [-0.3, -0.25) is 14.4 Å². The topological polar surface area (TPSA) is 82.1 Å². The van der Waals surface area contributed by atoms with E-state index in [9.17, 15) is 14.4 Å². The van der Waals surface area contributed by atoms with Crippen molar-refractivity contribution < 1.29 is 14.4 Å². The number of halogens is 1. The van der Waals surface area contributed by atoms with Crippen molar-refractivity contribution in [2.45, 2.75) is 39.0 Å². The monoisotopic (exact) mass is 408 g/mol. The molecule has 1 atom stereocenters. The van der Waals surface area contributed by atoms with Crippen molar-refractivity contribution in [3.05, 3.63) is 28.8 Å². The van der Waals surface area contributed by atoms with Gasteiger partial charge in [-0.25, -0.2) is 0 Å². The van der Waals surface area contributed by atoms with Gasteiger partial charge in [0.1, 0.15) is 0 Å². The van der Waals surface area contributed by atoms with Gasteiger partial charge in [0.25, 0.3) is 5.91 Å². The molecule has 27 heavy (non-hydrogen) atoms. The van der Waals surface area contributed by atoms with Gasteiger partial charge in [0, 0.05) is 31.0 Å². The Labute approximate surface area is 167 Å². The first-order valence-electron chi connectivity index (χ1n) is 8.64. The number of rotatable bonds is 3. The van der Waals surface area contributed by atoms with Crippen molar-refractivity contribution in [3.8, 4) is 0 Å². The molecule has 9 heteroatoms. The Morgan fingerprint density at radius 2 is 2.04 bits per heavy atom. The highest BCUT2D eigenvalue weighted by Gasteiger charge is 2.61. The molecule has 1 aromatic rings. The molecule has 0 aliphatic carbocycles. The van der Waals surface area contributed by atoms with Crippen LogP contribution in [-0.4, -0.2) is 34.4 Å². The van der Waals surface area contributed by atoms with Crippen LogP contribution in [0.2, 0.25) is 5.02 Å². The molecule has 2 aliphatic rings. The van der Waals surface area contributed by atoms with E-state index >= 15 is 0 Å². The molecular weight excluding hydrogens is 388 g/mol. The Kier molecular flexibility index (Phi) is 5.22. The minimum Gasteiger partial charge on any atom is -0.309 e. The van der Waals surface area contributed by atoms with Crippen LogP contribution >= 0.6 is 23.4 Å². The van der Waals surface area contributed by atoms with Crippen molar-refractivity contribution in [2.24, 2.45) is 11.0 Å². The third-order valence-electron chi connectivity index (χ3n) is 4.39. The molecule has 1 N–H and O–H groups in total. The first kappa shape index (κ1) is 19.7. The lowest BCUT2D eigenvalue weighted by molar-refractivity contribution is -0.139. The number of amidine groups is 1. The molecular formula is C18H21ClN4O3S. The zero-order chi connectivity index (χ0) is 19.9. The standard InChI is InChI=1S/C18H21ClN4O3S/c1-10(2)7-8-22-15-6-5-13(19)9-14(15)18(16(22)26)23(12(4)25)21-17(27-18)20-11(3)24/h5-6,9-10H,7-8H2,1-4H3,(H,20,21,24). The van der Waals surface area contributed by atoms with Gasteiger partial charge in [-0.05, 0) is 42.3 Å². The normalized spacial score (nSPS) is 21.1. The number of hydrogen-bond acceptors (Lipinski definition) is 5. The quantitative estimate of drug-likeness (QED) is 0.833. The van der Waals surface area contributed by atoms with Crippen LogP contribution in [0.1, 0.15) is 39.7 Å². The zero-order valence-corrected chi connectivity index (χ0v) is 17.1. The molecule has 144 valence electrons. The van der Waals surface area contributed by atoms with Gasteiger partial charge in [0.2, 0.25) is 16.7 Å². The number of anilines is 1. The van der Waals surface area contributed by atoms with Gasteiger partial charge in [0.15, 0.2) is 5.17 Å². The largest absolute Gasteiger partial charge is 0.309 e. The van der Waals surface area contributed by atoms with Gasteiger partial charge in [-0.15, -0.1) is 5.10 Å². The molecule has 0 aromatic heterocycles. The van der Waals surface area contributed by atoms with E-state index < -0.39 is 10.8 Å². The van der Waals surface area contributed by atoms with E-state index in [-0.39, 0.29) is 17.0 Å². The Bertz CT molecular complexity index is 857. The number of hydrazone groups is 1. The van der Waals surface area contributed by atoms with Crippen molar-refractivity contribution in [3.63, 3.8) is 0 Å². The van der Waals surface area contributed by atoms with Gasteiger partial charge >= 0.3 is 0 Å². The number of benzene rings is 1. The Balaban J connectivity index is 2.11. The van der Waals surface area contributed by atoms with Crippen LogP contribution in [0.3, 0.4) is 0 Å². The second-order valence-corrected chi connectivity index (χ2v) is 8.58. The van der Waals surface area contributed by atoms with E-state index in [1.165, 1.54) is 13.8 Å². The Hall–Kier alpha value is -2.06.